The van der Waals surface area contributed by atoms with Crippen molar-refractivity contribution in [1.29, 1.82) is 5.26 Å². The number of carbonyl (C=O) groups is 1. The Morgan fingerprint density at radius 3 is 2.64 bits per heavy atom. The van der Waals surface area contributed by atoms with E-state index >= 15 is 0 Å². The number of carbonyl (C=O) groups excluding carboxylic acids is 1. The van der Waals surface area contributed by atoms with Gasteiger partial charge in [-0.2, -0.15) is 5.26 Å². The fourth-order valence-corrected chi connectivity index (χ4v) is 2.88. The van der Waals surface area contributed by atoms with Crippen LogP contribution in [0.5, 0.6) is 5.75 Å². The normalized spacial score (nSPS) is 16.5. The highest BCUT2D eigenvalue weighted by Gasteiger charge is 2.28. The molecule has 1 aromatic heterocycles. The highest BCUT2D eigenvalue weighted by Crippen LogP contribution is 2.20. The van der Waals surface area contributed by atoms with Crippen molar-refractivity contribution in [3.63, 3.8) is 0 Å². The zero-order valence-corrected chi connectivity index (χ0v) is 14.2. The summed E-state index contributed by atoms with van der Waals surface area (Å²) in [6.07, 6.45) is 0.588. The second-order valence-corrected chi connectivity index (χ2v) is 6.20. The van der Waals surface area contributed by atoms with Crippen LogP contribution in [0.1, 0.15) is 28.0 Å². The summed E-state index contributed by atoms with van der Waals surface area (Å²) >= 11 is 0. The molecule has 0 N–H and O–H groups in total. The van der Waals surface area contributed by atoms with Crippen molar-refractivity contribution in [3.05, 3.63) is 63.6 Å². The molecule has 0 radical (unpaired) electrons. The average Bonchev–Trinajstić information content (AvgIpc) is 3.07. The molecule has 1 aliphatic heterocycles. The smallest absolute Gasteiger partial charge is 0.254 e. The molecule has 3 rings (SSSR count). The number of nitrogens with zero attached hydrogens (tertiary/aromatic N) is 3. The van der Waals surface area contributed by atoms with E-state index in [0.29, 0.717) is 30.0 Å². The van der Waals surface area contributed by atoms with Gasteiger partial charge >= 0.3 is 0 Å². The fourth-order valence-electron chi connectivity index (χ4n) is 2.88. The molecule has 0 bridgehead atoms. The Kier molecular flexibility index (Phi) is 4.57. The van der Waals surface area contributed by atoms with Gasteiger partial charge in [0.05, 0.1) is 18.2 Å². The zero-order valence-electron chi connectivity index (χ0n) is 14.2. The van der Waals surface area contributed by atoms with E-state index in [1.165, 1.54) is 6.07 Å². The number of nitriles is 1. The zero-order chi connectivity index (χ0) is 18.0. The maximum atomic E-state index is 12.5. The van der Waals surface area contributed by atoms with Crippen molar-refractivity contribution >= 4 is 5.91 Å². The molecular formula is C19H19N3O3. The van der Waals surface area contributed by atoms with Gasteiger partial charge < -0.3 is 14.2 Å². The van der Waals surface area contributed by atoms with Crippen LogP contribution < -0.4 is 10.3 Å². The average molecular weight is 337 g/mol. The second-order valence-electron chi connectivity index (χ2n) is 6.20. The summed E-state index contributed by atoms with van der Waals surface area (Å²) in [4.78, 5) is 26.1. The Labute approximate surface area is 145 Å². The fraction of sp³-hybridized carbons (Fsp3) is 0.316. The number of amides is 1. The number of aryl methyl sites for hydroxylation is 1. The number of benzene rings is 1. The van der Waals surface area contributed by atoms with E-state index in [4.69, 9.17) is 10.00 Å². The quantitative estimate of drug-likeness (QED) is 0.857. The molecule has 6 heteroatoms. The standard InChI is InChI=1S/C19H19N3O3/c1-13-9-17(10-18(23)21(13)2)25-16-7-8-22(12-16)19(24)15-5-3-14(11-20)4-6-15/h3-6,9-10,16H,7-8,12H2,1-2H3. The molecule has 0 aliphatic carbocycles. The van der Waals surface area contributed by atoms with Gasteiger partial charge in [0.1, 0.15) is 11.9 Å². The molecule has 6 nitrogen and oxygen atoms in total. The lowest BCUT2D eigenvalue weighted by molar-refractivity contribution is 0.0772. The molecule has 128 valence electrons. The van der Waals surface area contributed by atoms with Crippen molar-refractivity contribution in [2.45, 2.75) is 19.4 Å². The van der Waals surface area contributed by atoms with Crippen LogP contribution >= 0.6 is 0 Å². The minimum atomic E-state index is -0.131. The summed E-state index contributed by atoms with van der Waals surface area (Å²) in [7, 11) is 1.72. The number of pyridine rings is 1. The van der Waals surface area contributed by atoms with E-state index in [2.05, 4.69) is 0 Å². The topological polar surface area (TPSA) is 75.3 Å². The van der Waals surface area contributed by atoms with Crippen LogP contribution in [0, 0.1) is 18.3 Å². The summed E-state index contributed by atoms with van der Waals surface area (Å²) in [5, 5.41) is 8.82. The Morgan fingerprint density at radius 1 is 1.28 bits per heavy atom. The van der Waals surface area contributed by atoms with Gasteiger partial charge in [-0.15, -0.1) is 0 Å². The highest BCUT2D eigenvalue weighted by molar-refractivity contribution is 5.94. The maximum absolute atomic E-state index is 12.5. The van der Waals surface area contributed by atoms with E-state index < -0.39 is 0 Å². The van der Waals surface area contributed by atoms with Crippen LogP contribution in [0.4, 0.5) is 0 Å². The monoisotopic (exact) mass is 337 g/mol. The first-order valence-electron chi connectivity index (χ1n) is 8.11. The summed E-state index contributed by atoms with van der Waals surface area (Å²) in [6.45, 7) is 2.93. The highest BCUT2D eigenvalue weighted by atomic mass is 16.5. The summed E-state index contributed by atoms with van der Waals surface area (Å²) < 4.78 is 7.45. The van der Waals surface area contributed by atoms with Crippen molar-refractivity contribution in [1.82, 2.24) is 9.47 Å². The lowest BCUT2D eigenvalue weighted by Gasteiger charge is -2.18. The first-order valence-corrected chi connectivity index (χ1v) is 8.11. The van der Waals surface area contributed by atoms with Crippen molar-refractivity contribution < 1.29 is 9.53 Å². The van der Waals surface area contributed by atoms with Crippen molar-refractivity contribution in [2.24, 2.45) is 7.05 Å². The molecule has 25 heavy (non-hydrogen) atoms. The van der Waals surface area contributed by atoms with E-state index in [-0.39, 0.29) is 17.6 Å². The predicted octanol–water partition coefficient (Wildman–Crippen LogP) is 1.86. The van der Waals surface area contributed by atoms with Crippen LogP contribution in [-0.2, 0) is 7.05 Å². The first-order chi connectivity index (χ1) is 12.0. The molecule has 0 spiro atoms. The molecule has 1 amide bonds. The number of aromatic nitrogens is 1. The Balaban J connectivity index is 1.66. The van der Waals surface area contributed by atoms with Gasteiger partial charge in [0.25, 0.3) is 11.5 Å². The van der Waals surface area contributed by atoms with Gasteiger partial charge in [0.2, 0.25) is 0 Å². The lowest BCUT2D eigenvalue weighted by Crippen LogP contribution is -2.31. The van der Waals surface area contributed by atoms with Gasteiger partial charge in [0.15, 0.2) is 0 Å². The summed E-state index contributed by atoms with van der Waals surface area (Å²) in [6, 6.07) is 11.9. The molecule has 0 saturated carbocycles. The molecule has 1 saturated heterocycles. The molecule has 1 atom stereocenters. The van der Waals surface area contributed by atoms with E-state index in [1.807, 2.05) is 19.1 Å². The molecule has 2 aromatic rings. The second kappa shape index (κ2) is 6.81. The molecule has 1 unspecified atom stereocenters. The third kappa shape index (κ3) is 3.56. The Bertz CT molecular complexity index is 894. The number of rotatable bonds is 3. The van der Waals surface area contributed by atoms with Crippen LogP contribution in [0.2, 0.25) is 0 Å². The van der Waals surface area contributed by atoms with Crippen LogP contribution in [0.3, 0.4) is 0 Å². The van der Waals surface area contributed by atoms with Crippen LogP contribution in [0.25, 0.3) is 0 Å². The van der Waals surface area contributed by atoms with Gasteiger partial charge in [-0.05, 0) is 37.3 Å². The van der Waals surface area contributed by atoms with E-state index in [9.17, 15) is 9.59 Å². The number of hydrogen-bond acceptors (Lipinski definition) is 4. The van der Waals surface area contributed by atoms with E-state index in [1.54, 1.807) is 40.8 Å². The summed E-state index contributed by atoms with van der Waals surface area (Å²) in [5.74, 6) is 0.467. The molecule has 1 aliphatic rings. The SMILES string of the molecule is Cc1cc(OC2CCN(C(=O)c3ccc(C#N)cc3)C2)cc(=O)n1C. The molecule has 2 heterocycles. The largest absolute Gasteiger partial charge is 0.488 e. The van der Waals surface area contributed by atoms with Gasteiger partial charge in [-0.25, -0.2) is 0 Å². The third-order valence-electron chi connectivity index (χ3n) is 4.47. The Hall–Kier alpha value is -3.07. The van der Waals surface area contributed by atoms with Gasteiger partial charge in [0, 0.05) is 37.3 Å². The van der Waals surface area contributed by atoms with Gasteiger partial charge in [-0.3, -0.25) is 9.59 Å². The van der Waals surface area contributed by atoms with E-state index in [0.717, 1.165) is 12.1 Å². The number of ether oxygens (including phenoxy) is 1. The van der Waals surface area contributed by atoms with Crippen molar-refractivity contribution in [3.8, 4) is 11.8 Å². The Morgan fingerprint density at radius 2 is 2.00 bits per heavy atom. The van der Waals surface area contributed by atoms with Crippen LogP contribution in [0.15, 0.2) is 41.2 Å². The maximum Gasteiger partial charge on any atom is 0.254 e. The number of hydrogen-bond donors (Lipinski definition) is 0. The molecular weight excluding hydrogens is 318 g/mol. The molecule has 1 aromatic carbocycles. The minimum Gasteiger partial charge on any atom is -0.488 e. The minimum absolute atomic E-state index is 0.0734. The predicted molar refractivity (Wildman–Crippen MR) is 92.5 cm³/mol. The molecule has 1 fully saturated rings. The summed E-state index contributed by atoms with van der Waals surface area (Å²) in [5.41, 5.74) is 1.80. The van der Waals surface area contributed by atoms with Crippen LogP contribution in [-0.4, -0.2) is 34.6 Å². The number of likely N-dealkylation sites (tertiary alicyclic amines) is 1. The third-order valence-corrected chi connectivity index (χ3v) is 4.47. The first kappa shape index (κ1) is 16.8. The lowest BCUT2D eigenvalue weighted by atomic mass is 10.1. The van der Waals surface area contributed by atoms with Gasteiger partial charge in [-0.1, -0.05) is 0 Å². The van der Waals surface area contributed by atoms with Crippen molar-refractivity contribution in [2.75, 3.05) is 13.1 Å².